The molecule has 0 spiro atoms. The molecular weight excluding hydrogens is 298 g/mol. The Morgan fingerprint density at radius 2 is 1.75 bits per heavy atom. The van der Waals surface area contributed by atoms with Crippen molar-refractivity contribution in [1.29, 1.82) is 0 Å². The Labute approximate surface area is 84.0 Å². The van der Waals surface area contributed by atoms with Gasteiger partial charge in [-0.15, -0.1) is 0 Å². The van der Waals surface area contributed by atoms with Crippen molar-refractivity contribution in [3.63, 3.8) is 0 Å². The Morgan fingerprint density at radius 3 is 2.25 bits per heavy atom. The minimum atomic E-state index is -0.877. The van der Waals surface area contributed by atoms with E-state index >= 15 is 0 Å². The highest BCUT2D eigenvalue weighted by molar-refractivity contribution is 9.13. The Balaban J connectivity index is 3.51. The predicted octanol–water partition coefficient (Wildman–Crippen LogP) is 3.30. The van der Waals surface area contributed by atoms with Crippen LogP contribution in [-0.2, 0) is 0 Å². The molecule has 0 unspecified atom stereocenters. The predicted molar refractivity (Wildman–Crippen MR) is 47.1 cm³/mol. The van der Waals surface area contributed by atoms with Crippen LogP contribution in [0.3, 0.4) is 0 Å². The van der Waals surface area contributed by atoms with Gasteiger partial charge in [-0.1, -0.05) is 0 Å². The molecule has 1 nitrogen and oxygen atoms in total. The third-order valence-electron chi connectivity index (χ3n) is 1.27. The Hall–Kier alpha value is -0.290. The van der Waals surface area contributed by atoms with Crippen LogP contribution < -0.4 is 0 Å². The third-order valence-corrected chi connectivity index (χ3v) is 3.40. The van der Waals surface area contributed by atoms with Crippen molar-refractivity contribution in [2.75, 3.05) is 0 Å². The zero-order valence-corrected chi connectivity index (χ0v) is 8.75. The van der Waals surface area contributed by atoms with Crippen LogP contribution in [0.25, 0.3) is 0 Å². The van der Waals surface area contributed by atoms with E-state index in [1.54, 1.807) is 0 Å². The second-order valence-corrected chi connectivity index (χ2v) is 3.59. The van der Waals surface area contributed by atoms with E-state index in [0.717, 1.165) is 0 Å². The Kier molecular flexibility index (Phi) is 2.95. The number of benzene rings is 1. The summed E-state index contributed by atoms with van der Waals surface area (Å²) in [6.45, 7) is 0. The van der Waals surface area contributed by atoms with E-state index in [9.17, 15) is 13.6 Å². The van der Waals surface area contributed by atoms with Crippen LogP contribution in [-0.4, -0.2) is 6.29 Å². The molecule has 0 aliphatic carbocycles. The van der Waals surface area contributed by atoms with Gasteiger partial charge < -0.3 is 0 Å². The van der Waals surface area contributed by atoms with Crippen molar-refractivity contribution in [3.05, 3.63) is 32.2 Å². The quantitative estimate of drug-likeness (QED) is 0.442. The van der Waals surface area contributed by atoms with E-state index < -0.39 is 11.6 Å². The highest BCUT2D eigenvalue weighted by atomic mass is 79.9. The largest absolute Gasteiger partial charge is 0.298 e. The summed E-state index contributed by atoms with van der Waals surface area (Å²) in [7, 11) is 0. The summed E-state index contributed by atoms with van der Waals surface area (Å²) < 4.78 is 25.6. The maximum absolute atomic E-state index is 12.8. The van der Waals surface area contributed by atoms with Crippen molar-refractivity contribution in [1.82, 2.24) is 0 Å². The van der Waals surface area contributed by atoms with E-state index in [4.69, 9.17) is 0 Å². The van der Waals surface area contributed by atoms with Gasteiger partial charge >= 0.3 is 0 Å². The van der Waals surface area contributed by atoms with Crippen LogP contribution in [0.15, 0.2) is 15.0 Å². The monoisotopic (exact) mass is 298 g/mol. The standard InChI is InChI=1S/C7H2Br2F2O/c8-6-3(2-12)4(10)1-5(11)7(6)9/h1-2H. The van der Waals surface area contributed by atoms with Gasteiger partial charge in [-0.2, -0.15) is 0 Å². The molecule has 0 aromatic heterocycles. The topological polar surface area (TPSA) is 17.1 Å². The van der Waals surface area contributed by atoms with Crippen molar-refractivity contribution < 1.29 is 13.6 Å². The first-order chi connectivity index (χ1) is 5.57. The van der Waals surface area contributed by atoms with Crippen molar-refractivity contribution in [2.45, 2.75) is 0 Å². The molecule has 0 heterocycles. The highest BCUT2D eigenvalue weighted by Crippen LogP contribution is 2.30. The van der Waals surface area contributed by atoms with Crippen LogP contribution >= 0.6 is 31.9 Å². The molecule has 0 aliphatic rings. The molecule has 0 saturated carbocycles. The lowest BCUT2D eigenvalue weighted by Crippen LogP contribution is -1.93. The molecular formula is C7H2Br2F2O. The fourth-order valence-corrected chi connectivity index (χ4v) is 1.49. The molecule has 0 fully saturated rings. The highest BCUT2D eigenvalue weighted by Gasteiger charge is 2.13. The first-order valence-corrected chi connectivity index (χ1v) is 4.44. The van der Waals surface area contributed by atoms with Gasteiger partial charge in [0.2, 0.25) is 0 Å². The number of carbonyl (C=O) groups excluding carboxylic acids is 1. The third kappa shape index (κ3) is 1.56. The van der Waals surface area contributed by atoms with Gasteiger partial charge in [0, 0.05) is 10.5 Å². The molecule has 0 amide bonds. The second-order valence-electron chi connectivity index (χ2n) is 2.00. The Bertz CT molecular complexity index is 339. The first-order valence-electron chi connectivity index (χ1n) is 2.86. The van der Waals surface area contributed by atoms with Gasteiger partial charge in [0.05, 0.1) is 10.0 Å². The summed E-state index contributed by atoms with van der Waals surface area (Å²) in [5, 5.41) is 0. The average molecular weight is 300 g/mol. The van der Waals surface area contributed by atoms with E-state index in [1.807, 2.05) is 0 Å². The molecule has 0 atom stereocenters. The molecule has 1 aromatic carbocycles. The Morgan fingerprint density at radius 1 is 1.17 bits per heavy atom. The van der Waals surface area contributed by atoms with Crippen LogP contribution in [0.5, 0.6) is 0 Å². The maximum atomic E-state index is 12.8. The van der Waals surface area contributed by atoms with E-state index in [-0.39, 0.29) is 14.5 Å². The van der Waals surface area contributed by atoms with Gasteiger partial charge in [0.15, 0.2) is 6.29 Å². The van der Waals surface area contributed by atoms with Crippen molar-refractivity contribution >= 4 is 38.1 Å². The normalized spacial score (nSPS) is 10.0. The van der Waals surface area contributed by atoms with E-state index in [0.29, 0.717) is 12.4 Å². The van der Waals surface area contributed by atoms with Crippen LogP contribution in [0.4, 0.5) is 8.78 Å². The minimum absolute atomic E-state index is 0.0472. The fourth-order valence-electron chi connectivity index (χ4n) is 0.688. The first kappa shape index (κ1) is 9.80. The average Bonchev–Trinajstić information content (AvgIpc) is 2.01. The molecule has 1 aromatic rings. The van der Waals surface area contributed by atoms with Crippen LogP contribution in [0.2, 0.25) is 0 Å². The summed E-state index contributed by atoms with van der Waals surface area (Å²) >= 11 is 5.74. The summed E-state index contributed by atoms with van der Waals surface area (Å²) in [6, 6.07) is 0.651. The minimum Gasteiger partial charge on any atom is -0.298 e. The summed E-state index contributed by atoms with van der Waals surface area (Å²) in [4.78, 5) is 10.3. The zero-order valence-electron chi connectivity index (χ0n) is 5.57. The van der Waals surface area contributed by atoms with Gasteiger partial charge in [-0.3, -0.25) is 4.79 Å². The van der Waals surface area contributed by atoms with E-state index in [2.05, 4.69) is 31.9 Å². The van der Waals surface area contributed by atoms with Crippen LogP contribution in [0.1, 0.15) is 10.4 Å². The SMILES string of the molecule is O=Cc1c(F)cc(F)c(Br)c1Br. The molecule has 0 N–H and O–H groups in total. The van der Waals surface area contributed by atoms with Gasteiger partial charge in [0.1, 0.15) is 11.6 Å². The van der Waals surface area contributed by atoms with Crippen molar-refractivity contribution in [3.8, 4) is 0 Å². The number of halogens is 4. The summed E-state index contributed by atoms with van der Waals surface area (Å²) in [6.07, 6.45) is 0.323. The fraction of sp³-hybridized carbons (Fsp3) is 0. The van der Waals surface area contributed by atoms with Crippen LogP contribution in [0, 0.1) is 11.6 Å². The lowest BCUT2D eigenvalue weighted by atomic mass is 10.2. The zero-order chi connectivity index (χ0) is 9.30. The lowest BCUT2D eigenvalue weighted by molar-refractivity contribution is 0.111. The van der Waals surface area contributed by atoms with Gasteiger partial charge in [-0.05, 0) is 31.9 Å². The second kappa shape index (κ2) is 3.62. The molecule has 5 heteroatoms. The lowest BCUT2D eigenvalue weighted by Gasteiger charge is -2.01. The number of rotatable bonds is 1. The molecule has 0 bridgehead atoms. The summed E-state index contributed by atoms with van der Waals surface area (Å²) in [5.41, 5.74) is -0.191. The number of hydrogen-bond acceptors (Lipinski definition) is 1. The molecule has 64 valence electrons. The molecule has 12 heavy (non-hydrogen) atoms. The summed E-state index contributed by atoms with van der Waals surface area (Å²) in [5.74, 6) is -1.62. The van der Waals surface area contributed by atoms with Crippen molar-refractivity contribution in [2.24, 2.45) is 0 Å². The van der Waals surface area contributed by atoms with Gasteiger partial charge in [0.25, 0.3) is 0 Å². The molecule has 0 aliphatic heterocycles. The molecule has 0 radical (unpaired) electrons. The molecule has 0 saturated heterocycles. The molecule has 1 rings (SSSR count). The number of aldehydes is 1. The van der Waals surface area contributed by atoms with Gasteiger partial charge in [-0.25, -0.2) is 8.78 Å². The van der Waals surface area contributed by atoms with E-state index in [1.165, 1.54) is 0 Å². The maximum Gasteiger partial charge on any atom is 0.154 e. The number of carbonyl (C=O) groups is 1. The number of hydrogen-bond donors (Lipinski definition) is 0. The smallest absolute Gasteiger partial charge is 0.154 e.